The average Bonchev–Trinajstić information content (AvgIpc) is 2.51. The molecule has 0 saturated heterocycles. The lowest BCUT2D eigenvalue weighted by Gasteiger charge is -1.99. The van der Waals surface area contributed by atoms with Crippen molar-refractivity contribution in [3.8, 4) is 0 Å². The second kappa shape index (κ2) is 4.33. The number of aromatic nitrogens is 2. The Bertz CT molecular complexity index is 450. The zero-order chi connectivity index (χ0) is 10.8. The molecule has 1 rings (SSSR count). The van der Waals surface area contributed by atoms with E-state index in [9.17, 15) is 8.42 Å². The molecular formula is C7H8Cl2N2O2S. The van der Waals surface area contributed by atoms with Gasteiger partial charge in [0.1, 0.15) is 0 Å². The molecule has 1 aromatic rings. The van der Waals surface area contributed by atoms with Crippen molar-refractivity contribution in [1.29, 1.82) is 0 Å². The zero-order valence-electron chi connectivity index (χ0n) is 7.31. The first-order chi connectivity index (χ1) is 6.43. The molecule has 1 heterocycles. The minimum atomic E-state index is -3.74. The highest BCUT2D eigenvalue weighted by Crippen LogP contribution is 2.12. The molecule has 0 aromatic carbocycles. The summed E-state index contributed by atoms with van der Waals surface area (Å²) in [6.45, 7) is 2.31. The van der Waals surface area contributed by atoms with E-state index in [4.69, 9.17) is 22.3 Å². The molecule has 0 fully saturated rings. The van der Waals surface area contributed by atoms with Crippen LogP contribution >= 0.6 is 22.3 Å². The van der Waals surface area contributed by atoms with Crippen LogP contribution in [-0.4, -0.2) is 18.0 Å². The van der Waals surface area contributed by atoms with Crippen molar-refractivity contribution in [2.75, 3.05) is 0 Å². The van der Waals surface area contributed by atoms with Crippen LogP contribution in [0.4, 0.5) is 0 Å². The lowest BCUT2D eigenvalue weighted by molar-refractivity contribution is 0.606. The van der Waals surface area contributed by atoms with Crippen LogP contribution in [0.1, 0.15) is 6.92 Å². The lowest BCUT2D eigenvalue weighted by atomic mass is 10.3. The minimum Gasteiger partial charge on any atom is -0.332 e. The van der Waals surface area contributed by atoms with Crippen LogP contribution in [0.25, 0.3) is 0 Å². The number of halogens is 2. The van der Waals surface area contributed by atoms with Crippen molar-refractivity contribution in [2.24, 2.45) is 0 Å². The quantitative estimate of drug-likeness (QED) is 0.775. The van der Waals surface area contributed by atoms with Crippen molar-refractivity contribution >= 4 is 31.3 Å². The second-order valence-corrected chi connectivity index (χ2v) is 5.51. The van der Waals surface area contributed by atoms with E-state index in [1.54, 1.807) is 4.57 Å². The smallest absolute Gasteiger partial charge is 0.280 e. The van der Waals surface area contributed by atoms with Gasteiger partial charge < -0.3 is 4.57 Å². The molecule has 0 aliphatic rings. The fourth-order valence-electron chi connectivity index (χ4n) is 0.874. The van der Waals surface area contributed by atoms with Crippen LogP contribution in [-0.2, 0) is 15.6 Å². The van der Waals surface area contributed by atoms with E-state index >= 15 is 0 Å². The summed E-state index contributed by atoms with van der Waals surface area (Å²) >= 11 is 5.46. The molecule has 0 bridgehead atoms. The highest BCUT2D eigenvalue weighted by Gasteiger charge is 2.13. The Kier molecular flexibility index (Phi) is 3.58. The first-order valence-electron chi connectivity index (χ1n) is 3.66. The van der Waals surface area contributed by atoms with Gasteiger partial charge in [-0.05, 0) is 12.5 Å². The highest BCUT2D eigenvalue weighted by molar-refractivity contribution is 8.13. The van der Waals surface area contributed by atoms with Crippen molar-refractivity contribution in [2.45, 2.75) is 18.5 Å². The molecule has 0 atom stereocenters. The fraction of sp³-hybridized carbons (Fsp3) is 0.286. The molecule has 0 unspecified atom stereocenters. The number of hydrogen-bond donors (Lipinski definition) is 0. The number of hydrogen-bond acceptors (Lipinski definition) is 3. The van der Waals surface area contributed by atoms with Gasteiger partial charge in [0.2, 0.25) is 0 Å². The highest BCUT2D eigenvalue weighted by atomic mass is 35.7. The predicted molar refractivity (Wildman–Crippen MR) is 54.9 cm³/mol. The molecule has 0 spiro atoms. The molecule has 0 saturated carbocycles. The number of allylic oxidation sites excluding steroid dienone is 1. The van der Waals surface area contributed by atoms with Crippen LogP contribution in [0.15, 0.2) is 28.7 Å². The van der Waals surface area contributed by atoms with Gasteiger partial charge in [0.15, 0.2) is 5.03 Å². The van der Waals surface area contributed by atoms with Gasteiger partial charge in [-0.2, -0.15) is 0 Å². The maximum Gasteiger partial charge on any atom is 0.280 e. The second-order valence-electron chi connectivity index (χ2n) is 2.78. The summed E-state index contributed by atoms with van der Waals surface area (Å²) in [4.78, 5) is 3.65. The van der Waals surface area contributed by atoms with Crippen molar-refractivity contribution in [3.63, 3.8) is 0 Å². The molecule has 0 N–H and O–H groups in total. The minimum absolute atomic E-state index is 0.151. The third kappa shape index (κ3) is 3.01. The molecule has 78 valence electrons. The van der Waals surface area contributed by atoms with E-state index in [1.807, 2.05) is 6.92 Å². The van der Waals surface area contributed by atoms with Crippen LogP contribution in [0.2, 0.25) is 0 Å². The number of rotatable bonds is 3. The third-order valence-corrected chi connectivity index (χ3v) is 3.03. The maximum atomic E-state index is 10.9. The van der Waals surface area contributed by atoms with E-state index in [0.717, 1.165) is 5.57 Å². The normalized spacial score (nSPS) is 13.2. The van der Waals surface area contributed by atoms with Gasteiger partial charge in [-0.25, -0.2) is 13.4 Å². The first kappa shape index (κ1) is 11.6. The Morgan fingerprint density at radius 3 is 2.79 bits per heavy atom. The summed E-state index contributed by atoms with van der Waals surface area (Å²) in [5.74, 6) is 0. The van der Waals surface area contributed by atoms with Gasteiger partial charge in [-0.3, -0.25) is 0 Å². The molecule has 0 aliphatic heterocycles. The van der Waals surface area contributed by atoms with Crippen molar-refractivity contribution in [3.05, 3.63) is 23.6 Å². The Morgan fingerprint density at radius 2 is 2.36 bits per heavy atom. The van der Waals surface area contributed by atoms with Gasteiger partial charge in [0.05, 0.1) is 6.33 Å². The Balaban J connectivity index is 2.90. The molecule has 4 nitrogen and oxygen atoms in total. The summed E-state index contributed by atoms with van der Waals surface area (Å²) in [6, 6.07) is 0. The van der Waals surface area contributed by atoms with E-state index in [2.05, 4.69) is 4.98 Å². The average molecular weight is 255 g/mol. The van der Waals surface area contributed by atoms with Crippen LogP contribution < -0.4 is 0 Å². The zero-order valence-corrected chi connectivity index (χ0v) is 9.64. The molecule has 7 heteroatoms. The Labute approximate surface area is 91.6 Å². The first-order valence-corrected chi connectivity index (χ1v) is 6.40. The van der Waals surface area contributed by atoms with Crippen molar-refractivity contribution < 1.29 is 8.42 Å². The summed E-state index contributed by atoms with van der Waals surface area (Å²) in [7, 11) is 1.36. The monoisotopic (exact) mass is 254 g/mol. The molecule has 0 amide bonds. The molecule has 0 radical (unpaired) electrons. The summed E-state index contributed by atoms with van der Waals surface area (Å²) in [5.41, 5.74) is 2.32. The summed E-state index contributed by atoms with van der Waals surface area (Å²) in [6.07, 6.45) is 2.74. The topological polar surface area (TPSA) is 52.0 Å². The van der Waals surface area contributed by atoms with Gasteiger partial charge in [-0.15, -0.1) is 0 Å². The van der Waals surface area contributed by atoms with E-state index in [-0.39, 0.29) is 5.03 Å². The van der Waals surface area contributed by atoms with Gasteiger partial charge in [0.25, 0.3) is 9.05 Å². The van der Waals surface area contributed by atoms with E-state index < -0.39 is 9.05 Å². The lowest BCUT2D eigenvalue weighted by Crippen LogP contribution is -1.95. The van der Waals surface area contributed by atoms with Crippen LogP contribution in [0.3, 0.4) is 0 Å². The van der Waals surface area contributed by atoms with Crippen LogP contribution in [0, 0.1) is 0 Å². The number of nitrogens with zero attached hydrogens (tertiary/aromatic N) is 2. The van der Waals surface area contributed by atoms with Gasteiger partial charge >= 0.3 is 0 Å². The Hall–Kier alpha value is -0.520. The van der Waals surface area contributed by atoms with E-state index in [1.165, 1.54) is 18.1 Å². The largest absolute Gasteiger partial charge is 0.332 e. The third-order valence-electron chi connectivity index (χ3n) is 1.48. The molecular weight excluding hydrogens is 247 g/mol. The Morgan fingerprint density at radius 1 is 1.71 bits per heavy atom. The summed E-state index contributed by atoms with van der Waals surface area (Å²) < 4.78 is 23.3. The molecule has 1 aromatic heterocycles. The SMILES string of the molecule is CC(=CCl)Cn1cnc(S(=O)(=O)Cl)c1. The standard InChI is InChI=1S/C7H8Cl2N2O2S/c1-6(2-8)3-11-4-7(10-5-11)14(9,12)13/h2,4-5H,3H2,1H3. The molecule has 14 heavy (non-hydrogen) atoms. The van der Waals surface area contributed by atoms with Gasteiger partial charge in [0, 0.05) is 29.0 Å². The van der Waals surface area contributed by atoms with Crippen molar-refractivity contribution in [1.82, 2.24) is 9.55 Å². The fourth-order valence-corrected chi connectivity index (χ4v) is 1.62. The maximum absolute atomic E-state index is 10.9. The predicted octanol–water partition coefficient (Wildman–Crippen LogP) is 1.95. The number of imidazole rings is 1. The molecule has 0 aliphatic carbocycles. The van der Waals surface area contributed by atoms with Gasteiger partial charge in [-0.1, -0.05) is 11.6 Å². The summed E-state index contributed by atoms with van der Waals surface area (Å²) in [5, 5.41) is -0.151. The van der Waals surface area contributed by atoms with E-state index in [0.29, 0.717) is 6.54 Å². The van der Waals surface area contributed by atoms with Crippen LogP contribution in [0.5, 0.6) is 0 Å².